The van der Waals surface area contributed by atoms with Crippen LogP contribution in [-0.4, -0.2) is 48.3 Å². The first-order valence-electron chi connectivity index (χ1n) is 6.44. The fourth-order valence-electron chi connectivity index (χ4n) is 1.57. The molecular weight excluding hydrogens is 350 g/mol. The van der Waals surface area contributed by atoms with Crippen LogP contribution in [0.4, 0.5) is 0 Å². The second-order valence-corrected chi connectivity index (χ2v) is 8.57. The van der Waals surface area contributed by atoms with Crippen molar-refractivity contribution in [2.24, 2.45) is 5.73 Å². The van der Waals surface area contributed by atoms with Gasteiger partial charge in [0.15, 0.2) is 0 Å². The van der Waals surface area contributed by atoms with Gasteiger partial charge in [-0.1, -0.05) is 6.07 Å². The highest BCUT2D eigenvalue weighted by atomic mass is 35.5. The Labute approximate surface area is 138 Å². The highest BCUT2D eigenvalue weighted by Gasteiger charge is 2.20. The van der Waals surface area contributed by atoms with Crippen LogP contribution in [0.3, 0.4) is 0 Å². The third-order valence-electron chi connectivity index (χ3n) is 2.82. The van der Waals surface area contributed by atoms with E-state index in [1.165, 1.54) is 32.3 Å². The molecule has 0 amide bonds. The van der Waals surface area contributed by atoms with Gasteiger partial charge in [0.2, 0.25) is 20.0 Å². The number of sulfonamides is 2. The standard InChI is InChI=1S/C12H21N3O4S2.ClH/c1-15(2)21(18,19)12-7-5-6-11(10-12)20(16,17)14-9-4-3-8-13;/h5-7,10,14H,3-4,8-9,13H2,1-2H3;1H. The maximum Gasteiger partial charge on any atom is 0.242 e. The first kappa shape index (κ1) is 21.3. The van der Waals surface area contributed by atoms with Gasteiger partial charge >= 0.3 is 0 Å². The molecule has 10 heteroatoms. The predicted octanol–water partition coefficient (Wildman–Crippen LogP) is 0.376. The van der Waals surface area contributed by atoms with Crippen LogP contribution in [-0.2, 0) is 20.0 Å². The summed E-state index contributed by atoms with van der Waals surface area (Å²) in [4.78, 5) is -0.129. The number of rotatable bonds is 8. The molecule has 0 heterocycles. The smallest absolute Gasteiger partial charge is 0.242 e. The van der Waals surface area contributed by atoms with Crippen molar-refractivity contribution in [1.82, 2.24) is 9.03 Å². The number of benzene rings is 1. The summed E-state index contributed by atoms with van der Waals surface area (Å²) >= 11 is 0. The lowest BCUT2D eigenvalue weighted by Gasteiger charge is -2.12. The zero-order chi connectivity index (χ0) is 16.1. The van der Waals surface area contributed by atoms with E-state index in [9.17, 15) is 16.8 Å². The first-order valence-corrected chi connectivity index (χ1v) is 9.36. The molecule has 22 heavy (non-hydrogen) atoms. The summed E-state index contributed by atoms with van der Waals surface area (Å²) in [5.74, 6) is 0. The normalized spacial score (nSPS) is 12.2. The maximum absolute atomic E-state index is 12.1. The van der Waals surface area contributed by atoms with Crippen molar-refractivity contribution < 1.29 is 16.8 Å². The third-order valence-corrected chi connectivity index (χ3v) is 6.09. The Kier molecular flexibility index (Phi) is 8.52. The highest BCUT2D eigenvalue weighted by Crippen LogP contribution is 2.17. The number of nitrogens with two attached hydrogens (primary N) is 1. The number of hydrogen-bond donors (Lipinski definition) is 2. The maximum atomic E-state index is 12.1. The molecule has 1 aromatic rings. The van der Waals surface area contributed by atoms with Crippen molar-refractivity contribution in [2.45, 2.75) is 22.6 Å². The molecule has 0 aliphatic heterocycles. The zero-order valence-electron chi connectivity index (χ0n) is 12.5. The van der Waals surface area contributed by atoms with Gasteiger partial charge < -0.3 is 5.73 Å². The molecule has 7 nitrogen and oxygen atoms in total. The molecule has 0 saturated carbocycles. The minimum Gasteiger partial charge on any atom is -0.330 e. The Hall–Kier alpha value is -0.710. The number of halogens is 1. The Morgan fingerprint density at radius 2 is 1.68 bits per heavy atom. The van der Waals surface area contributed by atoms with Crippen LogP contribution in [0.25, 0.3) is 0 Å². The van der Waals surface area contributed by atoms with E-state index in [1.54, 1.807) is 0 Å². The summed E-state index contributed by atoms with van der Waals surface area (Å²) in [6.07, 6.45) is 1.35. The van der Waals surface area contributed by atoms with Crippen LogP contribution in [0.1, 0.15) is 12.8 Å². The first-order chi connectivity index (χ1) is 9.71. The average Bonchev–Trinajstić information content (AvgIpc) is 2.43. The molecule has 0 aromatic heterocycles. The van der Waals surface area contributed by atoms with Crippen LogP contribution >= 0.6 is 12.4 Å². The Bertz CT molecular complexity index is 675. The molecule has 0 aliphatic rings. The molecule has 0 spiro atoms. The van der Waals surface area contributed by atoms with Crippen LogP contribution in [0.2, 0.25) is 0 Å². The second-order valence-electron chi connectivity index (χ2n) is 4.66. The van der Waals surface area contributed by atoms with Gasteiger partial charge in [-0.3, -0.25) is 0 Å². The van der Waals surface area contributed by atoms with Gasteiger partial charge in [0.1, 0.15) is 0 Å². The lowest BCUT2D eigenvalue weighted by atomic mass is 10.3. The molecule has 0 atom stereocenters. The van der Waals surface area contributed by atoms with Gasteiger partial charge in [-0.15, -0.1) is 12.4 Å². The number of hydrogen-bond acceptors (Lipinski definition) is 5. The topological polar surface area (TPSA) is 110 Å². The van der Waals surface area contributed by atoms with Crippen molar-refractivity contribution in [3.63, 3.8) is 0 Å². The fourth-order valence-corrected chi connectivity index (χ4v) is 3.71. The molecule has 3 N–H and O–H groups in total. The molecule has 128 valence electrons. The molecule has 1 rings (SSSR count). The lowest BCUT2D eigenvalue weighted by Crippen LogP contribution is -2.26. The fraction of sp³-hybridized carbons (Fsp3) is 0.500. The van der Waals surface area contributed by atoms with Crippen LogP contribution in [0.15, 0.2) is 34.1 Å². The lowest BCUT2D eigenvalue weighted by molar-refractivity contribution is 0.520. The molecule has 0 unspecified atom stereocenters. The van der Waals surface area contributed by atoms with E-state index in [0.29, 0.717) is 13.0 Å². The molecule has 0 aliphatic carbocycles. The molecule has 0 fully saturated rings. The van der Waals surface area contributed by atoms with E-state index < -0.39 is 20.0 Å². The van der Waals surface area contributed by atoms with E-state index in [4.69, 9.17) is 5.73 Å². The van der Waals surface area contributed by atoms with Crippen LogP contribution < -0.4 is 10.5 Å². The zero-order valence-corrected chi connectivity index (χ0v) is 15.0. The molecule has 0 saturated heterocycles. The van der Waals surface area contributed by atoms with Crippen LogP contribution in [0.5, 0.6) is 0 Å². The van der Waals surface area contributed by atoms with E-state index >= 15 is 0 Å². The highest BCUT2D eigenvalue weighted by molar-refractivity contribution is 7.90. The number of nitrogens with one attached hydrogen (secondary N) is 1. The third kappa shape index (κ3) is 5.49. The summed E-state index contributed by atoms with van der Waals surface area (Å²) in [6, 6.07) is 5.29. The summed E-state index contributed by atoms with van der Waals surface area (Å²) in [5.41, 5.74) is 5.34. The molecule has 0 bridgehead atoms. The van der Waals surface area contributed by atoms with Crippen molar-refractivity contribution >= 4 is 32.5 Å². The summed E-state index contributed by atoms with van der Waals surface area (Å²) < 4.78 is 51.7. The van der Waals surface area contributed by atoms with Crippen molar-refractivity contribution in [3.05, 3.63) is 24.3 Å². The SMILES string of the molecule is CN(C)S(=O)(=O)c1cccc(S(=O)(=O)NCCCCN)c1.Cl. The van der Waals surface area contributed by atoms with Crippen molar-refractivity contribution in [2.75, 3.05) is 27.2 Å². The second kappa shape index (κ2) is 8.80. The Morgan fingerprint density at radius 1 is 1.09 bits per heavy atom. The predicted molar refractivity (Wildman–Crippen MR) is 88.0 cm³/mol. The minimum absolute atomic E-state index is 0. The quantitative estimate of drug-likeness (QED) is 0.642. The molecular formula is C12H22ClN3O4S2. The van der Waals surface area contributed by atoms with E-state index in [-0.39, 0.29) is 28.7 Å². The van der Waals surface area contributed by atoms with Gasteiger partial charge in [0.05, 0.1) is 9.79 Å². The van der Waals surface area contributed by atoms with Gasteiger partial charge in [-0.05, 0) is 37.6 Å². The van der Waals surface area contributed by atoms with Crippen molar-refractivity contribution in [1.29, 1.82) is 0 Å². The molecule has 1 aromatic carbocycles. The van der Waals surface area contributed by atoms with Gasteiger partial charge in [-0.25, -0.2) is 25.9 Å². The summed E-state index contributed by atoms with van der Waals surface area (Å²) in [5, 5.41) is 0. The van der Waals surface area contributed by atoms with Gasteiger partial charge in [0.25, 0.3) is 0 Å². The summed E-state index contributed by atoms with van der Waals surface area (Å²) in [6.45, 7) is 0.766. The van der Waals surface area contributed by atoms with Gasteiger partial charge in [0, 0.05) is 20.6 Å². The Balaban J connectivity index is 0.00000441. The number of unbranched alkanes of at least 4 members (excludes halogenated alkanes) is 1. The summed E-state index contributed by atoms with van der Waals surface area (Å²) in [7, 11) is -4.61. The molecule has 0 radical (unpaired) electrons. The van der Waals surface area contributed by atoms with Crippen LogP contribution in [0, 0.1) is 0 Å². The number of nitrogens with zero attached hydrogens (tertiary/aromatic N) is 1. The monoisotopic (exact) mass is 371 g/mol. The van der Waals surface area contributed by atoms with E-state index in [2.05, 4.69) is 4.72 Å². The average molecular weight is 372 g/mol. The van der Waals surface area contributed by atoms with Crippen molar-refractivity contribution in [3.8, 4) is 0 Å². The van der Waals surface area contributed by atoms with E-state index in [1.807, 2.05) is 0 Å². The van der Waals surface area contributed by atoms with E-state index in [0.717, 1.165) is 16.8 Å². The Morgan fingerprint density at radius 3 is 2.23 bits per heavy atom. The van der Waals surface area contributed by atoms with Gasteiger partial charge in [-0.2, -0.15) is 0 Å². The minimum atomic E-state index is -3.72. The largest absolute Gasteiger partial charge is 0.330 e.